The Balaban J connectivity index is 1.79. The minimum Gasteiger partial charge on any atom is -0.457 e. The van der Waals surface area contributed by atoms with Crippen LogP contribution in [0.4, 0.5) is 0 Å². The van der Waals surface area contributed by atoms with Gasteiger partial charge in [-0.3, -0.25) is 0 Å². The maximum Gasteiger partial charge on any atom is 0.132 e. The highest BCUT2D eigenvalue weighted by Gasteiger charge is 2.20. The van der Waals surface area contributed by atoms with Gasteiger partial charge in [0.25, 0.3) is 0 Å². The molecule has 2 aromatic carbocycles. The maximum absolute atomic E-state index is 6.09. The molecule has 0 bridgehead atoms. The molecule has 2 aromatic rings. The van der Waals surface area contributed by atoms with Crippen molar-refractivity contribution in [2.45, 2.75) is 32.4 Å². The number of halogens is 1. The van der Waals surface area contributed by atoms with Crippen molar-refractivity contribution in [3.8, 4) is 11.5 Å². The zero-order valence-electron chi connectivity index (χ0n) is 11.5. The number of nitrogens with one attached hydrogen (secondary N) is 1. The van der Waals surface area contributed by atoms with Crippen molar-refractivity contribution in [1.82, 2.24) is 5.32 Å². The summed E-state index contributed by atoms with van der Waals surface area (Å²) in [7, 11) is 0. The maximum atomic E-state index is 6.09. The second-order valence-corrected chi connectivity index (χ2v) is 5.76. The lowest BCUT2D eigenvalue weighted by Gasteiger charge is -2.12. The summed E-state index contributed by atoms with van der Waals surface area (Å²) in [5, 5.41) is 4.24. The number of hydrogen-bond donors (Lipinski definition) is 1. The van der Waals surface area contributed by atoms with E-state index in [9.17, 15) is 0 Å². The normalized spacial score (nSPS) is 14.3. The molecule has 0 radical (unpaired) electrons. The van der Waals surface area contributed by atoms with Gasteiger partial charge >= 0.3 is 0 Å². The lowest BCUT2D eigenvalue weighted by atomic mass is 10.2. The second kappa shape index (κ2) is 5.86. The monoisotopic (exact) mass is 287 g/mol. The van der Waals surface area contributed by atoms with Crippen LogP contribution in [0.2, 0.25) is 5.02 Å². The predicted molar refractivity (Wildman–Crippen MR) is 82.6 cm³/mol. The van der Waals surface area contributed by atoms with Crippen molar-refractivity contribution >= 4 is 11.6 Å². The molecule has 104 valence electrons. The molecule has 0 aromatic heterocycles. The first-order chi connectivity index (χ1) is 9.70. The molecule has 3 rings (SSSR count). The fraction of sp³-hybridized carbons (Fsp3) is 0.294. The summed E-state index contributed by atoms with van der Waals surface area (Å²) in [6.45, 7) is 2.86. The van der Waals surface area contributed by atoms with Crippen molar-refractivity contribution in [3.63, 3.8) is 0 Å². The van der Waals surface area contributed by atoms with Gasteiger partial charge in [0.05, 0.1) is 0 Å². The molecule has 0 atom stereocenters. The van der Waals surface area contributed by atoms with E-state index in [2.05, 4.69) is 18.3 Å². The summed E-state index contributed by atoms with van der Waals surface area (Å²) >= 11 is 6.09. The van der Waals surface area contributed by atoms with Crippen molar-refractivity contribution in [1.29, 1.82) is 0 Å². The van der Waals surface area contributed by atoms with E-state index in [1.54, 1.807) is 0 Å². The van der Waals surface area contributed by atoms with Gasteiger partial charge in [0.1, 0.15) is 11.5 Å². The molecule has 0 spiro atoms. The molecule has 0 heterocycles. The van der Waals surface area contributed by atoms with Crippen LogP contribution in [-0.2, 0) is 6.54 Å². The molecule has 1 aliphatic rings. The molecule has 0 unspecified atom stereocenters. The summed E-state index contributed by atoms with van der Waals surface area (Å²) in [5.74, 6) is 1.73. The Morgan fingerprint density at radius 1 is 1.20 bits per heavy atom. The largest absolute Gasteiger partial charge is 0.457 e. The number of ether oxygens (including phenoxy) is 1. The Hall–Kier alpha value is -1.51. The number of benzene rings is 2. The lowest BCUT2D eigenvalue weighted by Crippen LogP contribution is -2.15. The van der Waals surface area contributed by atoms with Crippen LogP contribution in [0.5, 0.6) is 11.5 Å². The first-order valence-electron chi connectivity index (χ1n) is 6.97. The molecule has 20 heavy (non-hydrogen) atoms. The highest BCUT2D eigenvalue weighted by molar-refractivity contribution is 6.30. The summed E-state index contributed by atoms with van der Waals surface area (Å²) in [6, 6.07) is 14.5. The summed E-state index contributed by atoms with van der Waals surface area (Å²) in [5.41, 5.74) is 2.29. The van der Waals surface area contributed by atoms with Crippen molar-refractivity contribution < 1.29 is 4.74 Å². The first-order valence-corrected chi connectivity index (χ1v) is 7.35. The highest BCUT2D eigenvalue weighted by Crippen LogP contribution is 2.29. The minimum atomic E-state index is 0.667. The molecule has 2 nitrogen and oxygen atoms in total. The van der Waals surface area contributed by atoms with Gasteiger partial charge in [-0.25, -0.2) is 0 Å². The third-order valence-electron chi connectivity index (χ3n) is 3.40. The number of hydrogen-bond acceptors (Lipinski definition) is 2. The fourth-order valence-corrected chi connectivity index (χ4v) is 2.33. The van der Waals surface area contributed by atoms with Crippen LogP contribution in [0.25, 0.3) is 0 Å². The topological polar surface area (TPSA) is 21.3 Å². The number of rotatable bonds is 5. The summed E-state index contributed by atoms with van der Waals surface area (Å²) < 4.78 is 6.00. The van der Waals surface area contributed by atoms with Crippen molar-refractivity contribution in [2.24, 2.45) is 0 Å². The first kappa shape index (κ1) is 13.5. The van der Waals surface area contributed by atoms with E-state index in [0.717, 1.165) is 28.6 Å². The summed E-state index contributed by atoms with van der Waals surface area (Å²) in [6.07, 6.45) is 2.54. The van der Waals surface area contributed by atoms with Crippen LogP contribution in [0.15, 0.2) is 42.5 Å². The average molecular weight is 288 g/mol. The van der Waals surface area contributed by atoms with Gasteiger partial charge in [0, 0.05) is 23.2 Å². The van der Waals surface area contributed by atoms with E-state index in [-0.39, 0.29) is 0 Å². The quantitative estimate of drug-likeness (QED) is 0.861. The Morgan fingerprint density at radius 3 is 2.80 bits per heavy atom. The van der Waals surface area contributed by atoms with E-state index < -0.39 is 0 Å². The Morgan fingerprint density at radius 2 is 2.05 bits per heavy atom. The van der Waals surface area contributed by atoms with E-state index >= 15 is 0 Å². The van der Waals surface area contributed by atoms with Crippen LogP contribution < -0.4 is 10.1 Å². The Bertz CT molecular complexity index is 608. The van der Waals surface area contributed by atoms with E-state index in [0.29, 0.717) is 6.04 Å². The van der Waals surface area contributed by atoms with Crippen LogP contribution in [0.1, 0.15) is 24.0 Å². The molecular formula is C17H18ClNO. The molecule has 0 aliphatic heterocycles. The smallest absolute Gasteiger partial charge is 0.132 e. The van der Waals surface area contributed by atoms with Gasteiger partial charge in [-0.05, 0) is 55.7 Å². The molecule has 3 heteroatoms. The standard InChI is InChI=1S/C17H18ClNO/c1-12-3-2-4-16(9-12)20-17-8-5-14(18)10-13(17)11-19-15-6-7-15/h2-5,8-10,15,19H,6-7,11H2,1H3. The Kier molecular flexibility index (Phi) is 3.95. The third kappa shape index (κ3) is 3.53. The van der Waals surface area contributed by atoms with E-state index in [1.807, 2.05) is 36.4 Å². The minimum absolute atomic E-state index is 0.667. The third-order valence-corrected chi connectivity index (χ3v) is 3.63. The molecule has 1 saturated carbocycles. The van der Waals surface area contributed by atoms with Gasteiger partial charge in [-0.2, -0.15) is 0 Å². The number of aryl methyl sites for hydroxylation is 1. The van der Waals surface area contributed by atoms with Gasteiger partial charge in [0.2, 0.25) is 0 Å². The summed E-state index contributed by atoms with van der Waals surface area (Å²) in [4.78, 5) is 0. The SMILES string of the molecule is Cc1cccc(Oc2ccc(Cl)cc2CNC2CC2)c1. The zero-order valence-corrected chi connectivity index (χ0v) is 12.3. The lowest BCUT2D eigenvalue weighted by molar-refractivity contribution is 0.472. The molecule has 0 amide bonds. The molecule has 1 aliphatic carbocycles. The van der Waals surface area contributed by atoms with Crippen LogP contribution in [0.3, 0.4) is 0 Å². The molecular weight excluding hydrogens is 270 g/mol. The van der Waals surface area contributed by atoms with Gasteiger partial charge in [0.15, 0.2) is 0 Å². The van der Waals surface area contributed by atoms with E-state index in [4.69, 9.17) is 16.3 Å². The van der Waals surface area contributed by atoms with Crippen LogP contribution in [-0.4, -0.2) is 6.04 Å². The molecule has 0 saturated heterocycles. The van der Waals surface area contributed by atoms with E-state index in [1.165, 1.54) is 18.4 Å². The molecule has 1 N–H and O–H groups in total. The predicted octanol–water partition coefficient (Wildman–Crippen LogP) is 4.69. The molecule has 1 fully saturated rings. The zero-order chi connectivity index (χ0) is 13.9. The van der Waals surface area contributed by atoms with Gasteiger partial charge in [-0.1, -0.05) is 23.7 Å². The van der Waals surface area contributed by atoms with Crippen molar-refractivity contribution in [3.05, 3.63) is 58.6 Å². The highest BCUT2D eigenvalue weighted by atomic mass is 35.5. The van der Waals surface area contributed by atoms with Crippen molar-refractivity contribution in [2.75, 3.05) is 0 Å². The average Bonchev–Trinajstić information content (AvgIpc) is 3.23. The van der Waals surface area contributed by atoms with Gasteiger partial charge < -0.3 is 10.1 Å². The van der Waals surface area contributed by atoms with Crippen LogP contribution >= 0.6 is 11.6 Å². The Labute approximate surface area is 124 Å². The second-order valence-electron chi connectivity index (χ2n) is 5.33. The fourth-order valence-electron chi connectivity index (χ4n) is 2.13. The van der Waals surface area contributed by atoms with Crippen LogP contribution in [0, 0.1) is 6.92 Å². The van der Waals surface area contributed by atoms with Gasteiger partial charge in [-0.15, -0.1) is 0 Å².